The van der Waals surface area contributed by atoms with Crippen molar-refractivity contribution < 1.29 is 9.47 Å². The van der Waals surface area contributed by atoms with E-state index < -0.39 is 0 Å². The van der Waals surface area contributed by atoms with Gasteiger partial charge in [0.15, 0.2) is 0 Å². The van der Waals surface area contributed by atoms with E-state index in [1.807, 2.05) is 24.3 Å². The molecule has 2 aromatic carbocycles. The number of nitrogens with two attached hydrogens (primary N) is 1. The maximum atomic E-state index is 6.17. The maximum absolute atomic E-state index is 6.17. The topological polar surface area (TPSA) is 97.6 Å². The van der Waals surface area contributed by atoms with Gasteiger partial charge in [0, 0.05) is 26.2 Å². The zero-order valence-electron chi connectivity index (χ0n) is 22.1. The van der Waals surface area contributed by atoms with E-state index in [4.69, 9.17) is 15.2 Å². The molecule has 0 spiro atoms. The summed E-state index contributed by atoms with van der Waals surface area (Å²) in [5.41, 5.74) is 10.7. The van der Waals surface area contributed by atoms with Crippen LogP contribution >= 0.6 is 0 Å². The number of aromatic nitrogens is 2. The van der Waals surface area contributed by atoms with Crippen molar-refractivity contribution in [3.8, 4) is 11.8 Å². The van der Waals surface area contributed by atoms with Crippen molar-refractivity contribution in [1.29, 1.82) is 0 Å². The minimum atomic E-state index is 0.303. The second-order valence-corrected chi connectivity index (χ2v) is 9.44. The molecular weight excluding hydrogens is 464 g/mol. The second kappa shape index (κ2) is 13.8. The summed E-state index contributed by atoms with van der Waals surface area (Å²) in [5, 5.41) is 6.91. The largest absolute Gasteiger partial charge is 0.497 e. The smallest absolute Gasteiger partial charge is 0.320 e. The highest BCUT2D eigenvalue weighted by Crippen LogP contribution is 2.25. The van der Waals surface area contributed by atoms with Crippen LogP contribution in [0.5, 0.6) is 11.8 Å². The van der Waals surface area contributed by atoms with Gasteiger partial charge in [-0.1, -0.05) is 49.7 Å². The van der Waals surface area contributed by atoms with Gasteiger partial charge in [0.2, 0.25) is 0 Å². The summed E-state index contributed by atoms with van der Waals surface area (Å²) in [4.78, 5) is 11.8. The highest BCUT2D eigenvalue weighted by Gasteiger charge is 2.15. The van der Waals surface area contributed by atoms with Crippen molar-refractivity contribution in [3.05, 3.63) is 70.8 Å². The van der Waals surface area contributed by atoms with Crippen LogP contribution in [0.25, 0.3) is 0 Å². The lowest BCUT2D eigenvalue weighted by molar-refractivity contribution is 0.286. The summed E-state index contributed by atoms with van der Waals surface area (Å²) in [6, 6.07) is 17.1. The van der Waals surface area contributed by atoms with Crippen LogP contribution in [0.2, 0.25) is 0 Å². The number of hydrogen-bond acceptors (Lipinski definition) is 8. The molecule has 0 saturated carbocycles. The first-order chi connectivity index (χ1) is 18.2. The Bertz CT molecular complexity index is 1100. The number of rotatable bonds is 14. The Morgan fingerprint density at radius 2 is 1.43 bits per heavy atom. The molecule has 198 valence electrons. The molecule has 4 N–H and O–H groups in total. The normalized spacial score (nSPS) is 13.5. The van der Waals surface area contributed by atoms with Crippen molar-refractivity contribution >= 4 is 11.6 Å². The molecule has 0 atom stereocenters. The first-order valence-corrected chi connectivity index (χ1v) is 13.3. The van der Waals surface area contributed by atoms with Gasteiger partial charge in [0.05, 0.1) is 19.3 Å². The predicted molar refractivity (Wildman–Crippen MR) is 149 cm³/mol. The highest BCUT2D eigenvalue weighted by molar-refractivity contribution is 5.59. The average molecular weight is 505 g/mol. The number of benzene rings is 2. The number of nitrogens with one attached hydrogen (secondary N) is 2. The van der Waals surface area contributed by atoms with Crippen LogP contribution in [-0.4, -0.2) is 41.7 Å². The van der Waals surface area contributed by atoms with Crippen molar-refractivity contribution in [2.24, 2.45) is 5.73 Å². The molecule has 0 bridgehead atoms. The third-order valence-electron chi connectivity index (χ3n) is 6.63. The molecule has 1 saturated heterocycles. The molecule has 8 heteroatoms. The van der Waals surface area contributed by atoms with Crippen LogP contribution in [-0.2, 0) is 26.2 Å². The lowest BCUT2D eigenvalue weighted by Gasteiger charge is -2.17. The van der Waals surface area contributed by atoms with Gasteiger partial charge in [-0.3, -0.25) is 4.90 Å². The molecule has 0 amide bonds. The molecule has 4 rings (SSSR count). The fourth-order valence-corrected chi connectivity index (χ4v) is 4.40. The zero-order valence-corrected chi connectivity index (χ0v) is 22.1. The van der Waals surface area contributed by atoms with Crippen LogP contribution in [0.15, 0.2) is 48.5 Å². The predicted octanol–water partition coefficient (Wildman–Crippen LogP) is 4.94. The number of unbranched alkanes of at least 4 members (excludes halogenated alkanes) is 1. The summed E-state index contributed by atoms with van der Waals surface area (Å²) in [5.74, 6) is 2.21. The van der Waals surface area contributed by atoms with Crippen LogP contribution in [0.4, 0.5) is 11.6 Å². The van der Waals surface area contributed by atoms with Crippen LogP contribution in [0.1, 0.15) is 54.9 Å². The Kier molecular flexibility index (Phi) is 9.97. The van der Waals surface area contributed by atoms with E-state index in [-0.39, 0.29) is 0 Å². The van der Waals surface area contributed by atoms with Crippen LogP contribution < -0.4 is 25.8 Å². The van der Waals surface area contributed by atoms with E-state index in [1.54, 1.807) is 7.11 Å². The van der Waals surface area contributed by atoms with Gasteiger partial charge in [-0.25, -0.2) is 0 Å². The number of nitrogens with zero attached hydrogens (tertiary/aromatic N) is 3. The molecule has 0 unspecified atom stereocenters. The maximum Gasteiger partial charge on any atom is 0.320 e. The first-order valence-electron chi connectivity index (χ1n) is 13.3. The van der Waals surface area contributed by atoms with E-state index in [0.29, 0.717) is 43.9 Å². The SMILES string of the molecule is CCCCOc1nc(NCc2ccc(CN3CCCC3)cc2)c(CN)c(NCc2ccc(OC)cc2)n1. The van der Waals surface area contributed by atoms with Gasteiger partial charge >= 0.3 is 6.01 Å². The van der Waals surface area contributed by atoms with Crippen LogP contribution in [0, 0.1) is 0 Å². The van der Waals surface area contributed by atoms with Crippen molar-refractivity contribution in [2.45, 2.75) is 58.8 Å². The molecule has 0 radical (unpaired) electrons. The third kappa shape index (κ3) is 7.81. The Hall–Kier alpha value is -3.36. The summed E-state index contributed by atoms with van der Waals surface area (Å²) in [6.07, 6.45) is 4.61. The van der Waals surface area contributed by atoms with Crippen LogP contribution in [0.3, 0.4) is 0 Å². The molecule has 1 aliphatic rings. The lowest BCUT2D eigenvalue weighted by atomic mass is 10.1. The van der Waals surface area contributed by atoms with Gasteiger partial charge in [-0.15, -0.1) is 0 Å². The zero-order chi connectivity index (χ0) is 25.9. The van der Waals surface area contributed by atoms with E-state index >= 15 is 0 Å². The molecule has 0 aliphatic carbocycles. The van der Waals surface area contributed by atoms with Gasteiger partial charge < -0.3 is 25.8 Å². The fourth-order valence-electron chi connectivity index (χ4n) is 4.40. The molecule has 37 heavy (non-hydrogen) atoms. The summed E-state index contributed by atoms with van der Waals surface area (Å²) in [7, 11) is 1.67. The molecule has 1 fully saturated rings. The monoisotopic (exact) mass is 504 g/mol. The highest BCUT2D eigenvalue weighted by atomic mass is 16.5. The molecule has 1 aliphatic heterocycles. The molecule has 2 heterocycles. The lowest BCUT2D eigenvalue weighted by Crippen LogP contribution is -2.18. The van der Waals surface area contributed by atoms with Gasteiger partial charge in [-0.05, 0) is 61.2 Å². The van der Waals surface area contributed by atoms with E-state index in [2.05, 4.69) is 56.7 Å². The summed E-state index contributed by atoms with van der Waals surface area (Å²) in [6.45, 7) is 7.69. The number of anilines is 2. The average Bonchev–Trinajstić information content (AvgIpc) is 3.45. The number of ether oxygens (including phenoxy) is 2. The minimum Gasteiger partial charge on any atom is -0.497 e. The number of hydrogen-bond donors (Lipinski definition) is 3. The van der Waals surface area contributed by atoms with Crippen molar-refractivity contribution in [3.63, 3.8) is 0 Å². The van der Waals surface area contributed by atoms with Gasteiger partial charge in [0.1, 0.15) is 17.4 Å². The molecule has 3 aromatic rings. The standard InChI is InChI=1S/C29H40N6O2/c1-3-4-17-37-29-33-27(31-19-22-7-9-24(10-8-22)21-35-15-5-6-16-35)26(18-30)28(34-29)32-20-23-11-13-25(36-2)14-12-23/h7-14H,3-6,15-21,30H2,1-2H3,(H2,31,32,33,34). The minimum absolute atomic E-state index is 0.303. The van der Waals surface area contributed by atoms with E-state index in [0.717, 1.165) is 36.3 Å². The molecule has 8 nitrogen and oxygen atoms in total. The molecule has 1 aromatic heterocycles. The number of likely N-dealkylation sites (tertiary alicyclic amines) is 1. The van der Waals surface area contributed by atoms with Gasteiger partial charge in [-0.2, -0.15) is 9.97 Å². The summed E-state index contributed by atoms with van der Waals surface area (Å²) >= 11 is 0. The quantitative estimate of drug-likeness (QED) is 0.266. The van der Waals surface area contributed by atoms with Crippen molar-refractivity contribution in [2.75, 3.05) is 37.4 Å². The van der Waals surface area contributed by atoms with Crippen molar-refractivity contribution in [1.82, 2.24) is 14.9 Å². The molecular formula is C29H40N6O2. The Morgan fingerprint density at radius 3 is 1.97 bits per heavy atom. The van der Waals surface area contributed by atoms with Gasteiger partial charge in [0.25, 0.3) is 0 Å². The van der Waals surface area contributed by atoms with E-state index in [1.165, 1.54) is 37.1 Å². The Balaban J connectivity index is 1.46. The number of methoxy groups -OCH3 is 1. The third-order valence-corrected chi connectivity index (χ3v) is 6.63. The Morgan fingerprint density at radius 1 is 0.865 bits per heavy atom. The fraction of sp³-hybridized carbons (Fsp3) is 0.448. The second-order valence-electron chi connectivity index (χ2n) is 9.44. The Labute approximate surface area is 220 Å². The first kappa shape index (κ1) is 26.7. The summed E-state index contributed by atoms with van der Waals surface area (Å²) < 4.78 is 11.1. The van der Waals surface area contributed by atoms with E-state index in [9.17, 15) is 0 Å².